The number of hydrogen-bond acceptors (Lipinski definition) is 6. The zero-order valence-corrected chi connectivity index (χ0v) is 20.3. The number of hydrogen-bond donors (Lipinski definition) is 2. The minimum absolute atomic E-state index is 0.0814. The molecule has 174 valence electrons. The van der Waals surface area contributed by atoms with E-state index in [2.05, 4.69) is 10.0 Å². The number of rotatable bonds is 10. The molecular weight excluding hydrogens is 460 g/mol. The van der Waals surface area contributed by atoms with Crippen molar-refractivity contribution in [3.63, 3.8) is 0 Å². The molecule has 3 aromatic rings. The average molecular weight is 487 g/mol. The molecule has 3 aromatic carbocycles. The van der Waals surface area contributed by atoms with Gasteiger partial charge in [-0.15, -0.1) is 11.8 Å². The Morgan fingerprint density at radius 1 is 0.939 bits per heavy atom. The highest BCUT2D eigenvalue weighted by molar-refractivity contribution is 7.99. The van der Waals surface area contributed by atoms with Crippen molar-refractivity contribution in [2.24, 2.45) is 0 Å². The maximum atomic E-state index is 12.8. The van der Waals surface area contributed by atoms with Crippen molar-refractivity contribution in [3.8, 4) is 11.5 Å². The molecule has 0 unspecified atom stereocenters. The van der Waals surface area contributed by atoms with Crippen LogP contribution in [0.3, 0.4) is 0 Å². The molecule has 33 heavy (non-hydrogen) atoms. The first-order valence-electron chi connectivity index (χ1n) is 10.1. The van der Waals surface area contributed by atoms with Crippen LogP contribution in [0, 0.1) is 6.92 Å². The molecule has 0 aliphatic carbocycles. The van der Waals surface area contributed by atoms with Gasteiger partial charge < -0.3 is 14.8 Å². The van der Waals surface area contributed by atoms with Crippen LogP contribution in [0.1, 0.15) is 11.1 Å². The first-order chi connectivity index (χ1) is 15.8. The summed E-state index contributed by atoms with van der Waals surface area (Å²) in [7, 11) is -0.713. The molecule has 0 fully saturated rings. The van der Waals surface area contributed by atoms with Crippen molar-refractivity contribution in [3.05, 3.63) is 77.9 Å². The lowest BCUT2D eigenvalue weighted by Gasteiger charge is -2.13. The van der Waals surface area contributed by atoms with E-state index in [9.17, 15) is 13.2 Å². The van der Waals surface area contributed by atoms with Gasteiger partial charge in [0.15, 0.2) is 0 Å². The largest absolute Gasteiger partial charge is 0.497 e. The van der Waals surface area contributed by atoms with Crippen LogP contribution in [-0.2, 0) is 20.6 Å². The van der Waals surface area contributed by atoms with E-state index in [0.717, 1.165) is 16.9 Å². The number of aryl methyl sites for hydroxylation is 1. The van der Waals surface area contributed by atoms with Crippen molar-refractivity contribution >= 4 is 39.1 Å². The number of carbonyl (C=O) groups is 1. The van der Waals surface area contributed by atoms with Crippen LogP contribution in [-0.4, -0.2) is 34.3 Å². The monoisotopic (exact) mass is 486 g/mol. The first-order valence-corrected chi connectivity index (χ1v) is 12.7. The SMILES string of the molecule is COc1ccc(CSCC(=O)Nc2ccc(S(=O)(=O)Nc3cc(C)ccc3OC)cc2)cc1. The maximum absolute atomic E-state index is 12.8. The molecule has 0 saturated carbocycles. The third-order valence-corrected chi connectivity index (χ3v) is 7.09. The van der Waals surface area contributed by atoms with Gasteiger partial charge in [0.2, 0.25) is 5.91 Å². The van der Waals surface area contributed by atoms with Crippen molar-refractivity contribution in [1.82, 2.24) is 0 Å². The Kier molecular flexibility index (Phi) is 8.24. The number of methoxy groups -OCH3 is 2. The summed E-state index contributed by atoms with van der Waals surface area (Å²) >= 11 is 1.49. The van der Waals surface area contributed by atoms with Crippen molar-refractivity contribution in [1.29, 1.82) is 0 Å². The molecule has 0 radical (unpaired) electrons. The van der Waals surface area contributed by atoms with Gasteiger partial charge in [0.1, 0.15) is 11.5 Å². The molecule has 9 heteroatoms. The van der Waals surface area contributed by atoms with Crippen LogP contribution in [0.4, 0.5) is 11.4 Å². The highest BCUT2D eigenvalue weighted by Gasteiger charge is 2.17. The Bertz CT molecular complexity index is 1190. The van der Waals surface area contributed by atoms with Crippen LogP contribution in [0.2, 0.25) is 0 Å². The van der Waals surface area contributed by atoms with Crippen LogP contribution in [0.15, 0.2) is 71.6 Å². The highest BCUT2D eigenvalue weighted by atomic mass is 32.2. The molecule has 0 spiro atoms. The van der Waals surface area contributed by atoms with Crippen LogP contribution < -0.4 is 19.5 Å². The standard InChI is InChI=1S/C24H26N2O5S2/c1-17-4-13-23(31-3)22(14-17)26-33(28,29)21-11-7-19(8-12-21)25-24(27)16-32-15-18-5-9-20(30-2)10-6-18/h4-14,26H,15-16H2,1-3H3,(H,25,27). The number of sulfonamides is 1. The van der Waals surface area contributed by atoms with E-state index in [-0.39, 0.29) is 16.6 Å². The third-order valence-electron chi connectivity index (χ3n) is 4.71. The lowest BCUT2D eigenvalue weighted by Crippen LogP contribution is -2.15. The van der Waals surface area contributed by atoms with Gasteiger partial charge in [-0.05, 0) is 66.6 Å². The minimum Gasteiger partial charge on any atom is -0.497 e. The number of benzene rings is 3. The summed E-state index contributed by atoms with van der Waals surface area (Å²) in [6.07, 6.45) is 0. The molecule has 3 rings (SSSR count). The Labute approximate surface area is 198 Å². The van der Waals surface area contributed by atoms with E-state index in [0.29, 0.717) is 22.9 Å². The van der Waals surface area contributed by atoms with Gasteiger partial charge in [0.25, 0.3) is 10.0 Å². The predicted octanol–water partition coefficient (Wildman–Crippen LogP) is 4.68. The van der Waals surface area contributed by atoms with Gasteiger partial charge in [-0.1, -0.05) is 18.2 Å². The number of ether oxygens (including phenoxy) is 2. The molecule has 1 amide bonds. The topological polar surface area (TPSA) is 93.7 Å². The summed E-state index contributed by atoms with van der Waals surface area (Å²) in [6, 6.07) is 19.0. The molecular formula is C24H26N2O5S2. The quantitative estimate of drug-likeness (QED) is 0.432. The van der Waals surface area contributed by atoms with E-state index < -0.39 is 10.0 Å². The molecule has 0 aliphatic rings. The Balaban J connectivity index is 1.55. The minimum atomic E-state index is -3.81. The van der Waals surface area contributed by atoms with E-state index in [1.54, 1.807) is 31.4 Å². The Morgan fingerprint density at radius 2 is 1.64 bits per heavy atom. The summed E-state index contributed by atoms with van der Waals surface area (Å²) in [5.74, 6) is 2.04. The Morgan fingerprint density at radius 3 is 2.27 bits per heavy atom. The summed E-state index contributed by atoms with van der Waals surface area (Å²) in [5, 5.41) is 2.79. The molecule has 0 aromatic heterocycles. The van der Waals surface area contributed by atoms with E-state index >= 15 is 0 Å². The fourth-order valence-electron chi connectivity index (χ4n) is 3.00. The van der Waals surface area contributed by atoms with Gasteiger partial charge in [-0.3, -0.25) is 9.52 Å². The fraction of sp³-hybridized carbons (Fsp3) is 0.208. The third kappa shape index (κ3) is 6.90. The van der Waals surface area contributed by atoms with Crippen LogP contribution in [0.5, 0.6) is 11.5 Å². The zero-order chi connectivity index (χ0) is 23.8. The highest BCUT2D eigenvalue weighted by Crippen LogP contribution is 2.28. The number of amides is 1. The van der Waals surface area contributed by atoms with E-state index in [1.807, 2.05) is 37.3 Å². The lowest BCUT2D eigenvalue weighted by atomic mass is 10.2. The van der Waals surface area contributed by atoms with Crippen molar-refractivity contribution in [2.75, 3.05) is 30.0 Å². The second-order valence-corrected chi connectivity index (χ2v) is 9.89. The number of thioether (sulfide) groups is 1. The number of anilines is 2. The summed E-state index contributed by atoms with van der Waals surface area (Å²) in [5.41, 5.74) is 2.89. The van der Waals surface area contributed by atoms with Gasteiger partial charge in [0, 0.05) is 11.4 Å². The second kappa shape index (κ2) is 11.1. The second-order valence-electron chi connectivity index (χ2n) is 7.22. The number of carbonyl (C=O) groups excluding carboxylic acids is 1. The Hall–Kier alpha value is -3.17. The lowest BCUT2D eigenvalue weighted by molar-refractivity contribution is -0.113. The number of nitrogens with one attached hydrogen (secondary N) is 2. The molecule has 0 bridgehead atoms. The van der Waals surface area contributed by atoms with Gasteiger partial charge in [-0.2, -0.15) is 0 Å². The molecule has 7 nitrogen and oxygen atoms in total. The van der Waals surface area contributed by atoms with Crippen LogP contribution >= 0.6 is 11.8 Å². The molecule has 0 heterocycles. The van der Waals surface area contributed by atoms with Gasteiger partial charge in [-0.25, -0.2) is 8.42 Å². The molecule has 0 aliphatic heterocycles. The predicted molar refractivity (Wildman–Crippen MR) is 133 cm³/mol. The maximum Gasteiger partial charge on any atom is 0.262 e. The van der Waals surface area contributed by atoms with Crippen molar-refractivity contribution < 1.29 is 22.7 Å². The van der Waals surface area contributed by atoms with Gasteiger partial charge in [0.05, 0.1) is 30.6 Å². The first kappa shape index (κ1) is 24.5. The summed E-state index contributed by atoms with van der Waals surface area (Å²) in [4.78, 5) is 12.3. The van der Waals surface area contributed by atoms with Gasteiger partial charge >= 0.3 is 0 Å². The van der Waals surface area contributed by atoms with Crippen LogP contribution in [0.25, 0.3) is 0 Å². The summed E-state index contributed by atoms with van der Waals surface area (Å²) in [6.45, 7) is 1.87. The molecule has 2 N–H and O–H groups in total. The normalized spacial score (nSPS) is 11.0. The van der Waals surface area contributed by atoms with E-state index in [1.165, 1.54) is 31.0 Å². The molecule has 0 saturated heterocycles. The van der Waals surface area contributed by atoms with Crippen molar-refractivity contribution in [2.45, 2.75) is 17.6 Å². The average Bonchev–Trinajstić information content (AvgIpc) is 2.80. The summed E-state index contributed by atoms with van der Waals surface area (Å²) < 4.78 is 38.5. The fourth-order valence-corrected chi connectivity index (χ4v) is 4.85. The smallest absolute Gasteiger partial charge is 0.262 e. The van der Waals surface area contributed by atoms with E-state index in [4.69, 9.17) is 9.47 Å². The molecule has 0 atom stereocenters. The zero-order valence-electron chi connectivity index (χ0n) is 18.6.